The first-order valence-corrected chi connectivity index (χ1v) is 5.72. The van der Waals surface area contributed by atoms with Gasteiger partial charge >= 0.3 is 12.2 Å². The van der Waals surface area contributed by atoms with Crippen LogP contribution in [0, 0.1) is 0 Å². The quantitative estimate of drug-likeness (QED) is 0.329. The Labute approximate surface area is 111 Å². The van der Waals surface area contributed by atoms with Gasteiger partial charge in [0, 0.05) is 6.54 Å². The number of aliphatic hydroxyl groups excluding tert-OH is 1. The number of carbonyl (C=O) groups is 2. The lowest BCUT2D eigenvalue weighted by Gasteiger charge is -2.12. The fraction of sp³-hybridized carbons (Fsp3) is 0.636. The summed E-state index contributed by atoms with van der Waals surface area (Å²) in [5.74, 6) is 0. The highest BCUT2D eigenvalue weighted by Gasteiger charge is 2.06. The minimum atomic E-state index is -0.980. The number of aliphatic hydroxyl groups is 1. The number of hydrogen-bond donors (Lipinski definition) is 3. The second-order valence-corrected chi connectivity index (χ2v) is 3.49. The topological polar surface area (TPSA) is 120 Å². The van der Waals surface area contributed by atoms with Crippen molar-refractivity contribution in [2.75, 3.05) is 26.4 Å². The van der Waals surface area contributed by atoms with E-state index in [2.05, 4.69) is 14.8 Å². The summed E-state index contributed by atoms with van der Waals surface area (Å²) in [5, 5.41) is 11.8. The molecule has 0 aliphatic heterocycles. The van der Waals surface area contributed by atoms with E-state index < -0.39 is 18.5 Å². The average Bonchev–Trinajstić information content (AvgIpc) is 2.38. The summed E-state index contributed by atoms with van der Waals surface area (Å²) in [5.41, 5.74) is 5.40. The van der Waals surface area contributed by atoms with Crippen molar-refractivity contribution in [2.24, 2.45) is 5.73 Å². The van der Waals surface area contributed by atoms with Gasteiger partial charge in [-0.05, 0) is 19.4 Å². The van der Waals surface area contributed by atoms with E-state index in [0.717, 1.165) is 0 Å². The Balaban J connectivity index is 3.51. The first-order valence-electron chi connectivity index (χ1n) is 5.72. The van der Waals surface area contributed by atoms with E-state index in [1.165, 1.54) is 0 Å². The van der Waals surface area contributed by atoms with Crippen LogP contribution in [0.5, 0.6) is 0 Å². The van der Waals surface area contributed by atoms with Crippen molar-refractivity contribution in [1.82, 2.24) is 5.32 Å². The smallest absolute Gasteiger partial charge is 0.407 e. The maximum atomic E-state index is 11.1. The molecule has 0 aromatic carbocycles. The summed E-state index contributed by atoms with van der Waals surface area (Å²) in [6.45, 7) is 3.65. The van der Waals surface area contributed by atoms with Gasteiger partial charge in [0.25, 0.3) is 0 Å². The number of amides is 2. The number of hydrogen-bond acceptors (Lipinski definition) is 6. The summed E-state index contributed by atoms with van der Waals surface area (Å²) < 4.78 is 14.0. The lowest BCUT2D eigenvalue weighted by atomic mass is 10.3. The lowest BCUT2D eigenvalue weighted by Crippen LogP contribution is -2.30. The normalized spacial score (nSPS) is 12.7. The molecule has 2 amide bonds. The Morgan fingerprint density at radius 2 is 1.95 bits per heavy atom. The molecule has 0 heterocycles. The molecule has 1 atom stereocenters. The summed E-state index contributed by atoms with van der Waals surface area (Å²) in [6.07, 6.45) is -0.850. The fourth-order valence-corrected chi connectivity index (χ4v) is 0.925. The van der Waals surface area contributed by atoms with Crippen molar-refractivity contribution in [2.45, 2.75) is 20.1 Å². The van der Waals surface area contributed by atoms with Crippen molar-refractivity contribution in [3.63, 3.8) is 0 Å². The number of alkyl carbamates (subject to hydrolysis) is 1. The summed E-state index contributed by atoms with van der Waals surface area (Å²) >= 11 is 0. The molecule has 110 valence electrons. The standard InChI is InChI=1S/C11H20N2O6/c1-3-8(2)9(14)17-5-4-13-11(16)19-7-6-18-10(12)15/h3,9,14H,4-7H2,1-2H3,(H2,12,15)(H,13,16). The van der Waals surface area contributed by atoms with E-state index in [0.29, 0.717) is 5.57 Å². The Morgan fingerprint density at radius 3 is 2.53 bits per heavy atom. The van der Waals surface area contributed by atoms with Gasteiger partial charge < -0.3 is 30.4 Å². The molecule has 4 N–H and O–H groups in total. The van der Waals surface area contributed by atoms with Gasteiger partial charge in [-0.3, -0.25) is 0 Å². The molecule has 8 heteroatoms. The van der Waals surface area contributed by atoms with E-state index in [4.69, 9.17) is 10.5 Å². The number of allylic oxidation sites excluding steroid dienone is 1. The Hall–Kier alpha value is -1.80. The zero-order valence-electron chi connectivity index (χ0n) is 11.0. The van der Waals surface area contributed by atoms with E-state index in [1.807, 2.05) is 0 Å². The van der Waals surface area contributed by atoms with E-state index in [-0.39, 0.29) is 26.4 Å². The van der Waals surface area contributed by atoms with E-state index in [1.54, 1.807) is 19.9 Å². The number of primary amides is 1. The predicted molar refractivity (Wildman–Crippen MR) is 66.3 cm³/mol. The molecule has 8 nitrogen and oxygen atoms in total. The van der Waals surface area contributed by atoms with E-state index in [9.17, 15) is 14.7 Å². The molecule has 0 aromatic heterocycles. The molecule has 0 aliphatic rings. The van der Waals surface area contributed by atoms with Crippen LogP contribution in [0.3, 0.4) is 0 Å². The largest absolute Gasteiger partial charge is 0.446 e. The van der Waals surface area contributed by atoms with Crippen LogP contribution in [0.15, 0.2) is 11.6 Å². The molecule has 19 heavy (non-hydrogen) atoms. The maximum Gasteiger partial charge on any atom is 0.407 e. The molecule has 1 unspecified atom stereocenters. The second kappa shape index (κ2) is 10.2. The molecule has 0 radical (unpaired) electrons. The van der Waals surface area contributed by atoms with Gasteiger partial charge in [0.05, 0.1) is 6.61 Å². The highest BCUT2D eigenvalue weighted by Crippen LogP contribution is 2.01. The van der Waals surface area contributed by atoms with Crippen LogP contribution in [0.4, 0.5) is 9.59 Å². The predicted octanol–water partition coefficient (Wildman–Crippen LogP) is 0.109. The van der Waals surface area contributed by atoms with Gasteiger partial charge in [0.1, 0.15) is 13.2 Å². The third kappa shape index (κ3) is 9.86. The van der Waals surface area contributed by atoms with Crippen LogP contribution in [0.25, 0.3) is 0 Å². The number of carbonyl (C=O) groups excluding carboxylic acids is 2. The lowest BCUT2D eigenvalue weighted by molar-refractivity contribution is -0.0704. The molecule has 0 spiro atoms. The Kier molecular flexibility index (Phi) is 9.19. The molecule has 0 aliphatic carbocycles. The Morgan fingerprint density at radius 1 is 1.32 bits per heavy atom. The van der Waals surface area contributed by atoms with Gasteiger partial charge in [-0.1, -0.05) is 6.08 Å². The van der Waals surface area contributed by atoms with Crippen molar-refractivity contribution in [1.29, 1.82) is 0 Å². The van der Waals surface area contributed by atoms with Crippen LogP contribution >= 0.6 is 0 Å². The minimum absolute atomic E-state index is 0.0874. The average molecular weight is 276 g/mol. The maximum absolute atomic E-state index is 11.1. The van der Waals surface area contributed by atoms with Crippen LogP contribution in [0.1, 0.15) is 13.8 Å². The summed E-state index contributed by atoms with van der Waals surface area (Å²) in [4.78, 5) is 21.3. The highest BCUT2D eigenvalue weighted by molar-refractivity contribution is 5.67. The third-order valence-corrected chi connectivity index (χ3v) is 2.05. The number of ether oxygens (including phenoxy) is 3. The zero-order valence-corrected chi connectivity index (χ0v) is 11.0. The van der Waals surface area contributed by atoms with Gasteiger partial charge in [-0.2, -0.15) is 0 Å². The molecule has 0 aromatic rings. The van der Waals surface area contributed by atoms with Crippen LogP contribution in [-0.4, -0.2) is 49.9 Å². The molecule has 0 saturated heterocycles. The molecule has 0 bridgehead atoms. The highest BCUT2D eigenvalue weighted by atomic mass is 16.6. The van der Waals surface area contributed by atoms with Crippen LogP contribution in [-0.2, 0) is 14.2 Å². The van der Waals surface area contributed by atoms with Gasteiger partial charge in [-0.15, -0.1) is 0 Å². The van der Waals surface area contributed by atoms with Gasteiger partial charge in [0.2, 0.25) is 0 Å². The molecular weight excluding hydrogens is 256 g/mol. The molecule has 0 saturated carbocycles. The molecule has 0 rings (SSSR count). The second-order valence-electron chi connectivity index (χ2n) is 3.49. The number of rotatable bonds is 8. The monoisotopic (exact) mass is 276 g/mol. The first kappa shape index (κ1) is 17.2. The number of nitrogens with two attached hydrogens (primary N) is 1. The van der Waals surface area contributed by atoms with Crippen LogP contribution < -0.4 is 11.1 Å². The molecule has 0 fully saturated rings. The number of nitrogens with one attached hydrogen (secondary N) is 1. The minimum Gasteiger partial charge on any atom is -0.446 e. The van der Waals surface area contributed by atoms with Crippen molar-refractivity contribution in [3.8, 4) is 0 Å². The molecular formula is C11H20N2O6. The summed E-state index contributed by atoms with van der Waals surface area (Å²) in [7, 11) is 0. The SMILES string of the molecule is CC=C(C)C(O)OCCNC(=O)OCCOC(N)=O. The van der Waals surface area contributed by atoms with Gasteiger partial charge in [-0.25, -0.2) is 9.59 Å². The van der Waals surface area contributed by atoms with Crippen LogP contribution in [0.2, 0.25) is 0 Å². The Bertz CT molecular complexity index is 318. The van der Waals surface area contributed by atoms with Crippen molar-refractivity contribution in [3.05, 3.63) is 11.6 Å². The zero-order chi connectivity index (χ0) is 14.7. The first-order chi connectivity index (χ1) is 8.97. The van der Waals surface area contributed by atoms with Gasteiger partial charge in [0.15, 0.2) is 6.29 Å². The fourth-order valence-electron chi connectivity index (χ4n) is 0.925. The van der Waals surface area contributed by atoms with E-state index >= 15 is 0 Å². The summed E-state index contributed by atoms with van der Waals surface area (Å²) in [6, 6.07) is 0. The third-order valence-electron chi connectivity index (χ3n) is 2.05. The van der Waals surface area contributed by atoms with Crippen molar-refractivity contribution < 1.29 is 28.9 Å². The van der Waals surface area contributed by atoms with Crippen molar-refractivity contribution >= 4 is 12.2 Å².